The van der Waals surface area contributed by atoms with Crippen LogP contribution in [0.1, 0.15) is 37.4 Å². The molecule has 1 aromatic carbocycles. The molecule has 1 aliphatic rings. The number of fused-ring (bicyclic) bond motifs is 1. The second-order valence-electron chi connectivity index (χ2n) is 4.76. The first-order valence-corrected chi connectivity index (χ1v) is 6.34. The van der Waals surface area contributed by atoms with Crippen LogP contribution in [0.4, 0.5) is 0 Å². The van der Waals surface area contributed by atoms with Crippen LogP contribution in [-0.2, 0) is 6.42 Å². The molecule has 1 N–H and O–H groups in total. The average molecular weight is 231 g/mol. The molecule has 1 aliphatic heterocycles. The van der Waals surface area contributed by atoms with Crippen molar-refractivity contribution in [3.8, 4) is 5.75 Å². The SMILES string of the molecule is C=C(C)CNC(CC)c1ccc2c(c1)CCO2. The van der Waals surface area contributed by atoms with Gasteiger partial charge in [0.1, 0.15) is 5.75 Å². The van der Waals surface area contributed by atoms with Crippen LogP contribution in [0.3, 0.4) is 0 Å². The predicted molar refractivity (Wildman–Crippen MR) is 71.5 cm³/mol. The molecule has 0 saturated carbocycles. The number of hydrogen-bond donors (Lipinski definition) is 1. The molecule has 0 bridgehead atoms. The maximum absolute atomic E-state index is 5.53. The summed E-state index contributed by atoms with van der Waals surface area (Å²) in [5.41, 5.74) is 3.88. The highest BCUT2D eigenvalue weighted by Crippen LogP contribution is 2.29. The van der Waals surface area contributed by atoms with Crippen molar-refractivity contribution in [3.05, 3.63) is 41.5 Å². The first-order chi connectivity index (χ1) is 8.20. The summed E-state index contributed by atoms with van der Waals surface area (Å²) in [7, 11) is 0. The Bertz CT molecular complexity index is 411. The zero-order chi connectivity index (χ0) is 12.3. The summed E-state index contributed by atoms with van der Waals surface area (Å²) >= 11 is 0. The molecule has 0 radical (unpaired) electrons. The fraction of sp³-hybridized carbons (Fsp3) is 0.467. The van der Waals surface area contributed by atoms with Crippen LogP contribution in [0, 0.1) is 0 Å². The summed E-state index contributed by atoms with van der Waals surface area (Å²) in [4.78, 5) is 0. The molecule has 1 aromatic rings. The van der Waals surface area contributed by atoms with Crippen molar-refractivity contribution in [3.63, 3.8) is 0 Å². The summed E-state index contributed by atoms with van der Waals surface area (Å²) in [6.07, 6.45) is 2.13. The van der Waals surface area contributed by atoms with E-state index in [2.05, 4.69) is 43.9 Å². The van der Waals surface area contributed by atoms with Crippen molar-refractivity contribution >= 4 is 0 Å². The van der Waals surface area contributed by atoms with Gasteiger partial charge in [0.25, 0.3) is 0 Å². The molecule has 1 heterocycles. The van der Waals surface area contributed by atoms with Crippen molar-refractivity contribution < 1.29 is 4.74 Å². The quantitative estimate of drug-likeness (QED) is 0.785. The van der Waals surface area contributed by atoms with Crippen molar-refractivity contribution in [2.75, 3.05) is 13.2 Å². The lowest BCUT2D eigenvalue weighted by atomic mass is 10.0. The van der Waals surface area contributed by atoms with E-state index in [4.69, 9.17) is 4.74 Å². The third-order valence-electron chi connectivity index (χ3n) is 3.17. The highest BCUT2D eigenvalue weighted by Gasteiger charge is 2.15. The van der Waals surface area contributed by atoms with E-state index in [1.54, 1.807) is 0 Å². The maximum atomic E-state index is 5.53. The summed E-state index contributed by atoms with van der Waals surface area (Å²) < 4.78 is 5.53. The van der Waals surface area contributed by atoms with Crippen LogP contribution in [0.2, 0.25) is 0 Å². The summed E-state index contributed by atoms with van der Waals surface area (Å²) in [5.74, 6) is 1.06. The van der Waals surface area contributed by atoms with Gasteiger partial charge in [0.15, 0.2) is 0 Å². The topological polar surface area (TPSA) is 21.3 Å². The molecular weight excluding hydrogens is 210 g/mol. The Morgan fingerprint density at radius 3 is 3.06 bits per heavy atom. The Morgan fingerprint density at radius 1 is 1.53 bits per heavy atom. The molecule has 92 valence electrons. The second kappa shape index (κ2) is 5.37. The minimum atomic E-state index is 0.414. The normalized spacial score (nSPS) is 15.2. The van der Waals surface area contributed by atoms with Crippen LogP contribution in [0.15, 0.2) is 30.4 Å². The van der Waals surface area contributed by atoms with Crippen molar-refractivity contribution in [1.82, 2.24) is 5.32 Å². The van der Waals surface area contributed by atoms with E-state index in [0.717, 1.165) is 31.7 Å². The average Bonchev–Trinajstić information content (AvgIpc) is 2.76. The third-order valence-corrected chi connectivity index (χ3v) is 3.17. The van der Waals surface area contributed by atoms with E-state index in [1.807, 2.05) is 0 Å². The minimum absolute atomic E-state index is 0.414. The van der Waals surface area contributed by atoms with E-state index >= 15 is 0 Å². The van der Waals surface area contributed by atoms with Gasteiger partial charge in [-0.15, -0.1) is 0 Å². The van der Waals surface area contributed by atoms with Crippen molar-refractivity contribution in [2.24, 2.45) is 0 Å². The number of rotatable bonds is 5. The Labute approximate surface area is 104 Å². The third kappa shape index (κ3) is 2.89. The largest absolute Gasteiger partial charge is 0.493 e. The first-order valence-electron chi connectivity index (χ1n) is 6.34. The van der Waals surface area contributed by atoms with Gasteiger partial charge in [0.2, 0.25) is 0 Å². The highest BCUT2D eigenvalue weighted by molar-refractivity contribution is 5.40. The Balaban J connectivity index is 2.11. The Hall–Kier alpha value is -1.28. The van der Waals surface area contributed by atoms with Crippen LogP contribution in [-0.4, -0.2) is 13.2 Å². The van der Waals surface area contributed by atoms with Gasteiger partial charge in [0.05, 0.1) is 6.61 Å². The van der Waals surface area contributed by atoms with Crippen molar-refractivity contribution in [2.45, 2.75) is 32.7 Å². The molecule has 0 amide bonds. The fourth-order valence-corrected chi connectivity index (χ4v) is 2.22. The minimum Gasteiger partial charge on any atom is -0.493 e. The van der Waals surface area contributed by atoms with Crippen LogP contribution in [0.25, 0.3) is 0 Å². The van der Waals surface area contributed by atoms with Crippen LogP contribution in [0.5, 0.6) is 5.75 Å². The fourth-order valence-electron chi connectivity index (χ4n) is 2.22. The molecule has 1 unspecified atom stereocenters. The van der Waals surface area contributed by atoms with Crippen LogP contribution >= 0.6 is 0 Å². The first kappa shape index (κ1) is 12.2. The molecule has 2 heteroatoms. The molecule has 0 fully saturated rings. The number of ether oxygens (including phenoxy) is 1. The highest BCUT2D eigenvalue weighted by atomic mass is 16.5. The molecule has 2 rings (SSSR count). The zero-order valence-electron chi connectivity index (χ0n) is 10.8. The van der Waals surface area contributed by atoms with Crippen LogP contribution < -0.4 is 10.1 Å². The molecule has 0 saturated heterocycles. The summed E-state index contributed by atoms with van der Waals surface area (Å²) in [6.45, 7) is 9.90. The number of nitrogens with one attached hydrogen (secondary N) is 1. The van der Waals surface area contributed by atoms with Gasteiger partial charge in [-0.1, -0.05) is 31.2 Å². The lowest BCUT2D eigenvalue weighted by molar-refractivity contribution is 0.356. The second-order valence-corrected chi connectivity index (χ2v) is 4.76. The molecule has 2 nitrogen and oxygen atoms in total. The smallest absolute Gasteiger partial charge is 0.122 e. The molecular formula is C15H21NO. The maximum Gasteiger partial charge on any atom is 0.122 e. The van der Waals surface area contributed by atoms with Gasteiger partial charge >= 0.3 is 0 Å². The molecule has 1 atom stereocenters. The van der Waals surface area contributed by atoms with Crippen molar-refractivity contribution in [1.29, 1.82) is 0 Å². The summed E-state index contributed by atoms with van der Waals surface area (Å²) in [6, 6.07) is 6.96. The van der Waals surface area contributed by atoms with Gasteiger partial charge in [-0.05, 0) is 30.5 Å². The molecule has 0 aromatic heterocycles. The number of benzene rings is 1. The number of hydrogen-bond acceptors (Lipinski definition) is 2. The lowest BCUT2D eigenvalue weighted by Crippen LogP contribution is -2.22. The Morgan fingerprint density at radius 2 is 2.35 bits per heavy atom. The van der Waals surface area contributed by atoms with E-state index in [9.17, 15) is 0 Å². The monoisotopic (exact) mass is 231 g/mol. The predicted octanol–water partition coefficient (Wildman–Crippen LogP) is 3.24. The summed E-state index contributed by atoms with van der Waals surface area (Å²) in [5, 5.41) is 3.54. The van der Waals surface area contributed by atoms with Gasteiger partial charge < -0.3 is 10.1 Å². The lowest BCUT2D eigenvalue weighted by Gasteiger charge is -2.18. The Kier molecular flexibility index (Phi) is 3.85. The van der Waals surface area contributed by atoms with E-state index in [1.165, 1.54) is 16.7 Å². The van der Waals surface area contributed by atoms with E-state index < -0.39 is 0 Å². The van der Waals surface area contributed by atoms with E-state index in [0.29, 0.717) is 6.04 Å². The van der Waals surface area contributed by atoms with Gasteiger partial charge in [-0.2, -0.15) is 0 Å². The van der Waals surface area contributed by atoms with Gasteiger partial charge in [-0.25, -0.2) is 0 Å². The standard InChI is InChI=1S/C15H21NO/c1-4-14(16-10-11(2)3)12-5-6-15-13(9-12)7-8-17-15/h5-6,9,14,16H,2,4,7-8,10H2,1,3H3. The van der Waals surface area contributed by atoms with Gasteiger partial charge in [0, 0.05) is 19.0 Å². The zero-order valence-corrected chi connectivity index (χ0v) is 10.8. The van der Waals surface area contributed by atoms with Gasteiger partial charge in [-0.3, -0.25) is 0 Å². The molecule has 0 spiro atoms. The molecule has 17 heavy (non-hydrogen) atoms. The van der Waals surface area contributed by atoms with E-state index in [-0.39, 0.29) is 0 Å². The molecule has 0 aliphatic carbocycles.